The molecule has 0 saturated carbocycles. The molecule has 1 fully saturated rings. The molecule has 0 bridgehead atoms. The largest absolute Gasteiger partial charge is 0.354 e. The van der Waals surface area contributed by atoms with Crippen molar-refractivity contribution in [2.24, 2.45) is 4.99 Å². The van der Waals surface area contributed by atoms with Gasteiger partial charge in [0, 0.05) is 18.3 Å². The van der Waals surface area contributed by atoms with E-state index in [1.54, 1.807) is 0 Å². The predicted molar refractivity (Wildman–Crippen MR) is 70.8 cm³/mol. The number of para-hydroxylation sites is 1. The van der Waals surface area contributed by atoms with Crippen LogP contribution in [0.4, 0.5) is 5.69 Å². The number of nitrogens with zero attached hydrogens (tertiary/aromatic N) is 2. The third-order valence-corrected chi connectivity index (χ3v) is 3.86. The molecule has 0 N–H and O–H groups in total. The number of fused-ring (bicyclic) bond motifs is 2. The lowest BCUT2D eigenvalue weighted by molar-refractivity contribution is 0.483. The van der Waals surface area contributed by atoms with Crippen LogP contribution in [0.3, 0.4) is 0 Å². The molecule has 0 aliphatic carbocycles. The zero-order valence-corrected chi connectivity index (χ0v) is 10.1. The van der Waals surface area contributed by atoms with Crippen molar-refractivity contribution in [3.05, 3.63) is 29.3 Å². The van der Waals surface area contributed by atoms with Gasteiger partial charge < -0.3 is 4.90 Å². The summed E-state index contributed by atoms with van der Waals surface area (Å²) in [7, 11) is 0. The summed E-state index contributed by atoms with van der Waals surface area (Å²) in [6.07, 6.45) is 4.47. The molecule has 0 radical (unpaired) electrons. The first-order chi connectivity index (χ1) is 7.77. The number of hydrogen-bond donors (Lipinski definition) is 0. The first-order valence-electron chi connectivity index (χ1n) is 5.72. The van der Waals surface area contributed by atoms with Crippen molar-refractivity contribution in [2.45, 2.75) is 25.8 Å². The Morgan fingerprint density at radius 2 is 2.31 bits per heavy atom. The Morgan fingerprint density at radius 3 is 3.19 bits per heavy atom. The lowest BCUT2D eigenvalue weighted by Gasteiger charge is -2.22. The topological polar surface area (TPSA) is 15.6 Å². The molecular weight excluding hydrogens is 216 g/mol. The summed E-state index contributed by atoms with van der Waals surface area (Å²) < 4.78 is 0. The summed E-state index contributed by atoms with van der Waals surface area (Å²) in [5.74, 6) is 0. The summed E-state index contributed by atoms with van der Waals surface area (Å²) in [6.45, 7) is 3.16. The van der Waals surface area contributed by atoms with Crippen molar-refractivity contribution in [2.75, 3.05) is 6.54 Å². The summed E-state index contributed by atoms with van der Waals surface area (Å²) in [5, 5.41) is 0. The maximum Gasteiger partial charge on any atom is 0.111 e. The standard InChI is InChI=1S/C13H14N2S/c1-9-4-2-6-11-12(9)14-8-10-5-3-7-15(10)13(11)16/h2,4,6,8,10H,3,5,7H2,1H3. The lowest BCUT2D eigenvalue weighted by Crippen LogP contribution is -2.34. The third kappa shape index (κ3) is 1.39. The van der Waals surface area contributed by atoms with Crippen molar-refractivity contribution >= 4 is 29.1 Å². The highest BCUT2D eigenvalue weighted by atomic mass is 32.1. The van der Waals surface area contributed by atoms with Gasteiger partial charge in [0.05, 0.1) is 11.7 Å². The highest BCUT2D eigenvalue weighted by Crippen LogP contribution is 2.31. The van der Waals surface area contributed by atoms with Crippen molar-refractivity contribution in [3.8, 4) is 0 Å². The van der Waals surface area contributed by atoms with Gasteiger partial charge in [-0.3, -0.25) is 4.99 Å². The molecule has 1 aromatic rings. The Bertz CT molecular complexity index is 479. The number of aliphatic imine (C=N–C) groups is 1. The van der Waals surface area contributed by atoms with Crippen LogP contribution in [-0.4, -0.2) is 28.7 Å². The normalized spacial score (nSPS) is 22.9. The molecule has 2 nitrogen and oxygen atoms in total. The molecule has 1 unspecified atom stereocenters. The van der Waals surface area contributed by atoms with E-state index in [0.717, 1.165) is 22.8 Å². The summed E-state index contributed by atoms with van der Waals surface area (Å²) in [5.41, 5.74) is 3.38. The molecule has 2 heterocycles. The van der Waals surface area contributed by atoms with E-state index in [1.165, 1.54) is 18.4 Å². The predicted octanol–water partition coefficient (Wildman–Crippen LogP) is 2.85. The Kier molecular flexibility index (Phi) is 2.28. The second-order valence-electron chi connectivity index (χ2n) is 4.46. The molecule has 1 saturated heterocycles. The maximum atomic E-state index is 5.59. The van der Waals surface area contributed by atoms with Crippen LogP contribution in [0.2, 0.25) is 0 Å². The summed E-state index contributed by atoms with van der Waals surface area (Å²) in [6, 6.07) is 6.66. The van der Waals surface area contributed by atoms with Gasteiger partial charge in [-0.05, 0) is 31.4 Å². The summed E-state index contributed by atoms with van der Waals surface area (Å²) >= 11 is 5.59. The molecule has 82 valence electrons. The van der Waals surface area contributed by atoms with E-state index in [2.05, 4.69) is 41.2 Å². The first-order valence-corrected chi connectivity index (χ1v) is 6.13. The highest BCUT2D eigenvalue weighted by molar-refractivity contribution is 7.80. The molecule has 3 rings (SSSR count). The van der Waals surface area contributed by atoms with E-state index in [9.17, 15) is 0 Å². The quantitative estimate of drug-likeness (QED) is 0.637. The molecular formula is C13H14N2S. The number of rotatable bonds is 0. The third-order valence-electron chi connectivity index (χ3n) is 3.40. The van der Waals surface area contributed by atoms with Gasteiger partial charge in [-0.15, -0.1) is 0 Å². The molecule has 0 amide bonds. The highest BCUT2D eigenvalue weighted by Gasteiger charge is 2.29. The fraction of sp³-hybridized carbons (Fsp3) is 0.385. The Labute approximate surface area is 101 Å². The van der Waals surface area contributed by atoms with Gasteiger partial charge in [0.2, 0.25) is 0 Å². The zero-order valence-electron chi connectivity index (χ0n) is 9.31. The van der Waals surface area contributed by atoms with Crippen molar-refractivity contribution in [1.82, 2.24) is 4.90 Å². The minimum atomic E-state index is 0.416. The lowest BCUT2D eigenvalue weighted by atomic mass is 10.1. The molecule has 2 aliphatic heterocycles. The van der Waals surface area contributed by atoms with E-state index < -0.39 is 0 Å². The molecule has 3 heteroatoms. The molecule has 1 atom stereocenters. The van der Waals surface area contributed by atoms with E-state index in [-0.39, 0.29) is 0 Å². The number of hydrogen-bond acceptors (Lipinski definition) is 2. The molecule has 0 spiro atoms. The van der Waals surface area contributed by atoms with Gasteiger partial charge >= 0.3 is 0 Å². The van der Waals surface area contributed by atoms with Crippen molar-refractivity contribution in [1.29, 1.82) is 0 Å². The van der Waals surface area contributed by atoms with Gasteiger partial charge in [0.1, 0.15) is 4.99 Å². The van der Waals surface area contributed by atoms with Gasteiger partial charge in [0.15, 0.2) is 0 Å². The molecule has 16 heavy (non-hydrogen) atoms. The van der Waals surface area contributed by atoms with Gasteiger partial charge in [0.25, 0.3) is 0 Å². The van der Waals surface area contributed by atoms with Gasteiger partial charge in [-0.1, -0.05) is 24.4 Å². The molecule has 2 aliphatic rings. The second kappa shape index (κ2) is 3.67. The Balaban J connectivity index is 2.16. The van der Waals surface area contributed by atoms with E-state index in [4.69, 9.17) is 12.2 Å². The number of benzene rings is 1. The van der Waals surface area contributed by atoms with Crippen LogP contribution in [0.5, 0.6) is 0 Å². The Hall–Kier alpha value is -1.22. The first kappa shape index (κ1) is 9.97. The molecule has 0 aromatic heterocycles. The maximum absolute atomic E-state index is 5.59. The minimum Gasteiger partial charge on any atom is -0.354 e. The fourth-order valence-corrected chi connectivity index (χ4v) is 2.91. The van der Waals surface area contributed by atoms with Crippen LogP contribution < -0.4 is 0 Å². The number of aryl methyl sites for hydroxylation is 1. The van der Waals surface area contributed by atoms with Crippen molar-refractivity contribution < 1.29 is 0 Å². The molecule has 1 aromatic carbocycles. The minimum absolute atomic E-state index is 0.416. The SMILES string of the molecule is Cc1cccc2c1N=CC1CCCN1C2=S. The zero-order chi connectivity index (χ0) is 11.1. The van der Waals surface area contributed by atoms with Crippen LogP contribution in [0, 0.1) is 6.92 Å². The average molecular weight is 230 g/mol. The summed E-state index contributed by atoms with van der Waals surface area (Å²) in [4.78, 5) is 7.91. The monoisotopic (exact) mass is 230 g/mol. The van der Waals surface area contributed by atoms with Crippen LogP contribution >= 0.6 is 12.2 Å². The Morgan fingerprint density at radius 1 is 1.44 bits per heavy atom. The van der Waals surface area contributed by atoms with Crippen LogP contribution in [0.1, 0.15) is 24.0 Å². The van der Waals surface area contributed by atoms with Crippen LogP contribution in [0.25, 0.3) is 0 Å². The van der Waals surface area contributed by atoms with Crippen molar-refractivity contribution in [3.63, 3.8) is 0 Å². The van der Waals surface area contributed by atoms with Gasteiger partial charge in [-0.25, -0.2) is 0 Å². The second-order valence-corrected chi connectivity index (χ2v) is 4.84. The van der Waals surface area contributed by atoms with E-state index in [1.807, 2.05) is 0 Å². The van der Waals surface area contributed by atoms with E-state index in [0.29, 0.717) is 6.04 Å². The number of thiocarbonyl (C=S) groups is 1. The average Bonchev–Trinajstić information content (AvgIpc) is 2.70. The van der Waals surface area contributed by atoms with Crippen LogP contribution in [0.15, 0.2) is 23.2 Å². The fourth-order valence-electron chi connectivity index (χ4n) is 2.52. The van der Waals surface area contributed by atoms with E-state index >= 15 is 0 Å². The van der Waals surface area contributed by atoms with Crippen LogP contribution in [-0.2, 0) is 0 Å². The van der Waals surface area contributed by atoms with Gasteiger partial charge in [-0.2, -0.15) is 0 Å². The smallest absolute Gasteiger partial charge is 0.111 e.